The highest BCUT2D eigenvalue weighted by molar-refractivity contribution is 6.31. The second-order valence-electron chi connectivity index (χ2n) is 4.93. The van der Waals surface area contributed by atoms with Crippen LogP contribution in [0.5, 0.6) is 5.75 Å². The Kier molecular flexibility index (Phi) is 3.41. The maximum Gasteiger partial charge on any atom is 0.258 e. The lowest BCUT2D eigenvalue weighted by Crippen LogP contribution is -2.63. The van der Waals surface area contributed by atoms with E-state index in [-0.39, 0.29) is 17.2 Å². The van der Waals surface area contributed by atoms with Gasteiger partial charge in [0, 0.05) is 18.1 Å². The molecule has 5 nitrogen and oxygen atoms in total. The zero-order valence-corrected chi connectivity index (χ0v) is 11.5. The van der Waals surface area contributed by atoms with E-state index in [2.05, 4.69) is 5.32 Å². The smallest absolute Gasteiger partial charge is 0.258 e. The summed E-state index contributed by atoms with van der Waals surface area (Å²) in [5, 5.41) is 12.8. The van der Waals surface area contributed by atoms with E-state index in [9.17, 15) is 14.7 Å². The number of carbonyl (C=O) groups is 2. The quantitative estimate of drug-likeness (QED) is 0.818. The summed E-state index contributed by atoms with van der Waals surface area (Å²) in [6.07, 6.45) is 0. The van der Waals surface area contributed by atoms with E-state index in [1.807, 2.05) is 0 Å². The minimum Gasteiger partial charge on any atom is -0.507 e. The Morgan fingerprint density at radius 3 is 2.84 bits per heavy atom. The van der Waals surface area contributed by atoms with Crippen molar-refractivity contribution in [2.24, 2.45) is 0 Å². The maximum atomic E-state index is 12.5. The molecule has 1 aliphatic heterocycles. The monoisotopic (exact) mass is 282 g/mol. The molecule has 1 aliphatic rings. The highest BCUT2D eigenvalue weighted by atomic mass is 35.5. The van der Waals surface area contributed by atoms with Crippen molar-refractivity contribution in [3.05, 3.63) is 28.8 Å². The third-order valence-electron chi connectivity index (χ3n) is 3.29. The van der Waals surface area contributed by atoms with Crippen LogP contribution in [0.4, 0.5) is 0 Å². The molecule has 1 fully saturated rings. The van der Waals surface area contributed by atoms with Gasteiger partial charge in [-0.05, 0) is 32.0 Å². The van der Waals surface area contributed by atoms with Gasteiger partial charge in [0.15, 0.2) is 0 Å². The SMILES string of the molecule is CC1(C)C(=O)NCCN1C(=O)c1cc(Cl)ccc1O. The average Bonchev–Trinajstić information content (AvgIpc) is 2.35. The van der Waals surface area contributed by atoms with Crippen molar-refractivity contribution in [1.82, 2.24) is 10.2 Å². The van der Waals surface area contributed by atoms with Crippen molar-refractivity contribution in [3.63, 3.8) is 0 Å². The molecule has 0 unspecified atom stereocenters. The number of benzene rings is 1. The number of halogens is 1. The van der Waals surface area contributed by atoms with Gasteiger partial charge in [-0.25, -0.2) is 0 Å². The molecule has 0 aliphatic carbocycles. The number of rotatable bonds is 1. The number of phenols is 1. The number of nitrogens with one attached hydrogen (secondary N) is 1. The third-order valence-corrected chi connectivity index (χ3v) is 3.52. The summed E-state index contributed by atoms with van der Waals surface area (Å²) in [5.74, 6) is -0.760. The van der Waals surface area contributed by atoms with Crippen LogP contribution < -0.4 is 5.32 Å². The number of piperazine rings is 1. The lowest BCUT2D eigenvalue weighted by Gasteiger charge is -2.41. The molecule has 102 valence electrons. The van der Waals surface area contributed by atoms with Gasteiger partial charge in [-0.2, -0.15) is 0 Å². The lowest BCUT2D eigenvalue weighted by atomic mass is 9.97. The molecule has 0 radical (unpaired) electrons. The molecule has 1 heterocycles. The summed E-state index contributed by atoms with van der Waals surface area (Å²) in [7, 11) is 0. The summed E-state index contributed by atoms with van der Waals surface area (Å²) in [6.45, 7) is 4.13. The predicted molar refractivity (Wildman–Crippen MR) is 71.2 cm³/mol. The van der Waals surface area contributed by atoms with Gasteiger partial charge < -0.3 is 15.3 Å². The molecule has 0 aromatic heterocycles. The van der Waals surface area contributed by atoms with Gasteiger partial charge in [0.05, 0.1) is 5.56 Å². The van der Waals surface area contributed by atoms with E-state index in [0.29, 0.717) is 18.1 Å². The highest BCUT2D eigenvalue weighted by Crippen LogP contribution is 2.27. The summed E-state index contributed by atoms with van der Waals surface area (Å²) in [6, 6.07) is 4.27. The van der Waals surface area contributed by atoms with Crippen molar-refractivity contribution in [3.8, 4) is 5.75 Å². The van der Waals surface area contributed by atoms with Gasteiger partial charge in [0.25, 0.3) is 5.91 Å². The van der Waals surface area contributed by atoms with E-state index < -0.39 is 11.4 Å². The topological polar surface area (TPSA) is 69.6 Å². The molecule has 1 saturated heterocycles. The van der Waals surface area contributed by atoms with Crippen LogP contribution in [-0.2, 0) is 4.79 Å². The highest BCUT2D eigenvalue weighted by Gasteiger charge is 2.41. The largest absolute Gasteiger partial charge is 0.507 e. The predicted octanol–water partition coefficient (Wildman–Crippen LogP) is 1.40. The minimum atomic E-state index is -0.954. The normalized spacial score (nSPS) is 18.1. The fourth-order valence-corrected chi connectivity index (χ4v) is 2.25. The van der Waals surface area contributed by atoms with E-state index in [1.54, 1.807) is 13.8 Å². The van der Waals surface area contributed by atoms with Crippen LogP contribution in [0.25, 0.3) is 0 Å². The van der Waals surface area contributed by atoms with Gasteiger partial charge in [-0.15, -0.1) is 0 Å². The van der Waals surface area contributed by atoms with E-state index in [4.69, 9.17) is 11.6 Å². The van der Waals surface area contributed by atoms with E-state index in [0.717, 1.165) is 0 Å². The van der Waals surface area contributed by atoms with E-state index in [1.165, 1.54) is 23.1 Å². The molecule has 0 saturated carbocycles. The van der Waals surface area contributed by atoms with Crippen LogP contribution >= 0.6 is 11.6 Å². The standard InChI is InChI=1S/C13H15ClN2O3/c1-13(2)12(19)15-5-6-16(13)11(18)9-7-8(14)3-4-10(9)17/h3-4,7,17H,5-6H2,1-2H3,(H,15,19). The molecule has 0 spiro atoms. The molecule has 0 atom stereocenters. The Hall–Kier alpha value is -1.75. The Bertz CT molecular complexity index is 543. The Labute approximate surface area is 116 Å². The first kappa shape index (κ1) is 13.7. The number of hydrogen-bond donors (Lipinski definition) is 2. The van der Waals surface area contributed by atoms with Gasteiger partial charge in [-0.1, -0.05) is 11.6 Å². The van der Waals surface area contributed by atoms with Gasteiger partial charge in [0.1, 0.15) is 11.3 Å². The molecule has 1 aromatic carbocycles. The molecule has 1 aromatic rings. The Morgan fingerprint density at radius 1 is 1.47 bits per heavy atom. The number of amides is 2. The summed E-state index contributed by atoms with van der Waals surface area (Å²) >= 11 is 5.84. The van der Waals surface area contributed by atoms with Crippen molar-refractivity contribution in [2.75, 3.05) is 13.1 Å². The second kappa shape index (κ2) is 4.74. The molecule has 2 amide bonds. The first-order valence-corrected chi connectivity index (χ1v) is 6.30. The van der Waals surface area contributed by atoms with Crippen molar-refractivity contribution in [1.29, 1.82) is 0 Å². The third kappa shape index (κ3) is 2.38. The van der Waals surface area contributed by atoms with E-state index >= 15 is 0 Å². The summed E-state index contributed by atoms with van der Waals surface area (Å²) in [5.41, 5.74) is -0.848. The second-order valence-corrected chi connectivity index (χ2v) is 5.37. The van der Waals surface area contributed by atoms with Crippen LogP contribution in [0.3, 0.4) is 0 Å². The molecular formula is C13H15ClN2O3. The van der Waals surface area contributed by atoms with Gasteiger partial charge >= 0.3 is 0 Å². The molecule has 2 rings (SSSR count). The number of aromatic hydroxyl groups is 1. The van der Waals surface area contributed by atoms with Crippen LogP contribution in [-0.4, -0.2) is 40.4 Å². The Morgan fingerprint density at radius 2 is 2.16 bits per heavy atom. The molecular weight excluding hydrogens is 268 g/mol. The summed E-state index contributed by atoms with van der Waals surface area (Å²) in [4.78, 5) is 25.7. The molecule has 6 heteroatoms. The molecule has 2 N–H and O–H groups in total. The van der Waals surface area contributed by atoms with Gasteiger partial charge in [-0.3, -0.25) is 9.59 Å². The first-order valence-electron chi connectivity index (χ1n) is 5.93. The number of nitrogens with zero attached hydrogens (tertiary/aromatic N) is 1. The lowest BCUT2D eigenvalue weighted by molar-refractivity contribution is -0.133. The Balaban J connectivity index is 2.38. The summed E-state index contributed by atoms with van der Waals surface area (Å²) < 4.78 is 0. The number of hydrogen-bond acceptors (Lipinski definition) is 3. The van der Waals surface area contributed by atoms with Crippen molar-refractivity contribution in [2.45, 2.75) is 19.4 Å². The number of phenolic OH excluding ortho intramolecular Hbond substituents is 1. The zero-order chi connectivity index (χ0) is 14.2. The zero-order valence-electron chi connectivity index (χ0n) is 10.7. The van der Waals surface area contributed by atoms with Crippen LogP contribution in [0.15, 0.2) is 18.2 Å². The maximum absolute atomic E-state index is 12.5. The van der Waals surface area contributed by atoms with Crippen molar-refractivity contribution < 1.29 is 14.7 Å². The number of carbonyl (C=O) groups excluding carboxylic acids is 2. The molecule has 19 heavy (non-hydrogen) atoms. The van der Waals surface area contributed by atoms with Crippen LogP contribution in [0, 0.1) is 0 Å². The fraction of sp³-hybridized carbons (Fsp3) is 0.385. The van der Waals surface area contributed by atoms with Crippen molar-refractivity contribution >= 4 is 23.4 Å². The fourth-order valence-electron chi connectivity index (χ4n) is 2.08. The first-order chi connectivity index (χ1) is 8.84. The van der Waals surface area contributed by atoms with Gasteiger partial charge in [0.2, 0.25) is 5.91 Å². The average molecular weight is 283 g/mol. The van der Waals surface area contributed by atoms with Crippen LogP contribution in [0.2, 0.25) is 5.02 Å². The minimum absolute atomic E-state index is 0.107. The molecule has 0 bridgehead atoms. The van der Waals surface area contributed by atoms with Crippen LogP contribution in [0.1, 0.15) is 24.2 Å².